The van der Waals surface area contributed by atoms with Gasteiger partial charge in [-0.05, 0) is 55.7 Å². The predicted octanol–water partition coefficient (Wildman–Crippen LogP) is 7.38. The predicted molar refractivity (Wildman–Crippen MR) is 140 cm³/mol. The van der Waals surface area contributed by atoms with Gasteiger partial charge in [0.25, 0.3) is 0 Å². The van der Waals surface area contributed by atoms with Gasteiger partial charge in [0, 0.05) is 28.2 Å². The number of nitrogens with zero attached hydrogens (tertiary/aromatic N) is 1. The Kier molecular flexibility index (Phi) is 5.67. The van der Waals surface area contributed by atoms with E-state index in [1.807, 2.05) is 57.2 Å². The summed E-state index contributed by atoms with van der Waals surface area (Å²) in [5, 5.41) is 4.46. The summed E-state index contributed by atoms with van der Waals surface area (Å²) in [4.78, 5) is 17.4. The molecule has 0 saturated carbocycles. The van der Waals surface area contributed by atoms with Crippen LogP contribution in [0.3, 0.4) is 0 Å². The summed E-state index contributed by atoms with van der Waals surface area (Å²) in [7, 11) is 1.63. The molecule has 0 aliphatic carbocycles. The van der Waals surface area contributed by atoms with E-state index in [-0.39, 0.29) is 5.91 Å². The lowest BCUT2D eigenvalue weighted by Gasteiger charge is -2.13. The lowest BCUT2D eigenvalue weighted by Crippen LogP contribution is -2.08. The van der Waals surface area contributed by atoms with E-state index in [0.29, 0.717) is 10.9 Å². The zero-order chi connectivity index (χ0) is 23.8. The largest absolute Gasteiger partial charge is 0.496 e. The third-order valence-corrected chi connectivity index (χ3v) is 6.81. The smallest absolute Gasteiger partial charge is 0.250 e. The van der Waals surface area contributed by atoms with Gasteiger partial charge in [-0.1, -0.05) is 47.7 Å². The number of methoxy groups -OCH3 is 1. The zero-order valence-electron chi connectivity index (χ0n) is 19.4. The summed E-state index contributed by atoms with van der Waals surface area (Å²) in [5.41, 5.74) is 7.43. The van der Waals surface area contributed by atoms with Crippen LogP contribution in [0.1, 0.15) is 23.6 Å². The number of rotatable bonds is 5. The number of hydrogen-bond acceptors (Lipinski definition) is 5. The van der Waals surface area contributed by atoms with E-state index < -0.39 is 0 Å². The van der Waals surface area contributed by atoms with E-state index in [1.165, 1.54) is 11.3 Å². The normalized spacial score (nSPS) is 11.8. The van der Waals surface area contributed by atoms with Gasteiger partial charge in [0.05, 0.1) is 23.6 Å². The molecule has 0 fully saturated rings. The van der Waals surface area contributed by atoms with E-state index in [9.17, 15) is 4.79 Å². The maximum absolute atomic E-state index is 12.8. The van der Waals surface area contributed by atoms with Gasteiger partial charge in [-0.15, -0.1) is 0 Å². The molecule has 0 atom stereocenters. The second-order valence-corrected chi connectivity index (χ2v) is 9.31. The molecule has 0 aliphatic rings. The topological polar surface area (TPSA) is 64.4 Å². The van der Waals surface area contributed by atoms with Crippen LogP contribution in [-0.2, 0) is 4.79 Å². The van der Waals surface area contributed by atoms with Crippen molar-refractivity contribution in [2.45, 2.75) is 20.8 Å². The standard InChI is InChI=1S/C28H24N2O3S/c1-16-10-11-23-24(12-16)34-28(29-23)30-25(31)13-17(2)20-14-21-22(19-8-6-5-7-9-19)15-33-27(21)18(3)26(20)32-4/h5-15H,1-4H3,(H,29,30,31)/b17-13+. The molecule has 6 heteroatoms. The minimum atomic E-state index is -0.233. The van der Waals surface area contributed by atoms with Crippen molar-refractivity contribution in [1.29, 1.82) is 0 Å². The number of ether oxygens (including phenoxy) is 1. The van der Waals surface area contributed by atoms with Gasteiger partial charge in [-0.2, -0.15) is 0 Å². The zero-order valence-corrected chi connectivity index (χ0v) is 20.2. The molecule has 3 aromatic carbocycles. The maximum Gasteiger partial charge on any atom is 0.250 e. The van der Waals surface area contributed by atoms with Gasteiger partial charge in [-0.3, -0.25) is 10.1 Å². The Morgan fingerprint density at radius 1 is 1.12 bits per heavy atom. The summed E-state index contributed by atoms with van der Waals surface area (Å²) in [6.07, 6.45) is 3.36. The number of nitrogens with one attached hydrogen (secondary N) is 1. The number of hydrogen-bond donors (Lipinski definition) is 1. The first-order valence-corrected chi connectivity index (χ1v) is 11.8. The molecule has 0 saturated heterocycles. The Morgan fingerprint density at radius 3 is 2.68 bits per heavy atom. The van der Waals surface area contributed by atoms with Crippen LogP contribution in [0.4, 0.5) is 5.13 Å². The number of furan rings is 1. The first-order chi connectivity index (χ1) is 16.4. The lowest BCUT2D eigenvalue weighted by molar-refractivity contribution is -0.111. The number of aromatic nitrogens is 1. The molecule has 2 heterocycles. The number of amides is 1. The first kappa shape index (κ1) is 21.9. The van der Waals surface area contributed by atoms with Crippen molar-refractivity contribution in [3.63, 3.8) is 0 Å². The Balaban J connectivity index is 1.51. The molecule has 5 rings (SSSR count). The Hall–Kier alpha value is -3.90. The van der Waals surface area contributed by atoms with E-state index in [1.54, 1.807) is 19.4 Å². The number of carbonyl (C=O) groups excluding carboxylic acids is 1. The highest BCUT2D eigenvalue weighted by Gasteiger charge is 2.19. The van der Waals surface area contributed by atoms with Gasteiger partial charge in [0.1, 0.15) is 11.3 Å². The average Bonchev–Trinajstić information content (AvgIpc) is 3.42. The minimum absolute atomic E-state index is 0.233. The minimum Gasteiger partial charge on any atom is -0.496 e. The Labute approximate surface area is 201 Å². The summed E-state index contributed by atoms with van der Waals surface area (Å²) in [6, 6.07) is 18.2. The van der Waals surface area contributed by atoms with Crippen LogP contribution in [0, 0.1) is 13.8 Å². The van der Waals surface area contributed by atoms with Gasteiger partial charge in [-0.25, -0.2) is 4.98 Å². The SMILES string of the molecule is COc1c(/C(C)=C/C(=O)Nc2nc3ccc(C)cc3s2)cc2c(-c3ccccc3)coc2c1C. The summed E-state index contributed by atoms with van der Waals surface area (Å²) >= 11 is 1.47. The molecule has 34 heavy (non-hydrogen) atoms. The number of benzene rings is 3. The highest BCUT2D eigenvalue weighted by Crippen LogP contribution is 2.40. The van der Waals surface area contributed by atoms with Crippen LogP contribution >= 0.6 is 11.3 Å². The number of aryl methyl sites for hydroxylation is 2. The third-order valence-electron chi connectivity index (χ3n) is 5.88. The Morgan fingerprint density at radius 2 is 1.91 bits per heavy atom. The molecule has 0 aliphatic heterocycles. The number of carbonyl (C=O) groups is 1. The summed E-state index contributed by atoms with van der Waals surface area (Å²) in [6.45, 7) is 5.92. The van der Waals surface area contributed by atoms with Crippen LogP contribution in [0.2, 0.25) is 0 Å². The highest BCUT2D eigenvalue weighted by molar-refractivity contribution is 7.22. The second kappa shape index (κ2) is 8.80. The third kappa shape index (κ3) is 3.97. The molecule has 1 N–H and O–H groups in total. The molecular weight excluding hydrogens is 444 g/mol. The number of anilines is 1. The van der Waals surface area contributed by atoms with Crippen molar-refractivity contribution in [3.8, 4) is 16.9 Å². The molecule has 0 radical (unpaired) electrons. The molecule has 0 spiro atoms. The van der Waals surface area contributed by atoms with Crippen molar-refractivity contribution >= 4 is 49.1 Å². The monoisotopic (exact) mass is 468 g/mol. The maximum atomic E-state index is 12.8. The van der Waals surface area contributed by atoms with E-state index in [2.05, 4.69) is 28.5 Å². The van der Waals surface area contributed by atoms with Crippen LogP contribution in [0.5, 0.6) is 5.75 Å². The van der Waals surface area contributed by atoms with Gasteiger partial charge >= 0.3 is 0 Å². The van der Waals surface area contributed by atoms with Crippen molar-refractivity contribution in [2.24, 2.45) is 0 Å². The fourth-order valence-electron chi connectivity index (χ4n) is 4.21. The number of allylic oxidation sites excluding steroid dienone is 1. The van der Waals surface area contributed by atoms with Gasteiger partial charge < -0.3 is 9.15 Å². The van der Waals surface area contributed by atoms with E-state index in [0.717, 1.165) is 54.6 Å². The molecule has 1 amide bonds. The first-order valence-electron chi connectivity index (χ1n) is 11.0. The molecule has 0 bridgehead atoms. The van der Waals surface area contributed by atoms with Gasteiger partial charge in [0.15, 0.2) is 5.13 Å². The quantitative estimate of drug-likeness (QED) is 0.273. The number of fused-ring (bicyclic) bond motifs is 2. The molecule has 5 nitrogen and oxygen atoms in total. The number of thiazole rings is 1. The van der Waals surface area contributed by atoms with Crippen molar-refractivity contribution in [3.05, 3.63) is 83.6 Å². The molecule has 2 aromatic heterocycles. The van der Waals surface area contributed by atoms with Crippen LogP contribution in [0.25, 0.3) is 37.9 Å². The van der Waals surface area contributed by atoms with Crippen molar-refractivity contribution in [1.82, 2.24) is 4.98 Å². The molecule has 5 aromatic rings. The highest BCUT2D eigenvalue weighted by atomic mass is 32.1. The van der Waals surface area contributed by atoms with Crippen molar-refractivity contribution < 1.29 is 13.9 Å². The molecule has 170 valence electrons. The summed E-state index contributed by atoms with van der Waals surface area (Å²) in [5.74, 6) is 0.460. The van der Waals surface area contributed by atoms with Gasteiger partial charge in [0.2, 0.25) is 5.91 Å². The average molecular weight is 469 g/mol. The summed E-state index contributed by atoms with van der Waals surface area (Å²) < 4.78 is 12.7. The van der Waals surface area contributed by atoms with E-state index in [4.69, 9.17) is 9.15 Å². The van der Waals surface area contributed by atoms with Crippen LogP contribution in [0.15, 0.2) is 71.4 Å². The second-order valence-electron chi connectivity index (χ2n) is 8.28. The fraction of sp³-hybridized carbons (Fsp3) is 0.143. The lowest BCUT2D eigenvalue weighted by atomic mass is 9.96. The van der Waals surface area contributed by atoms with Crippen LogP contribution < -0.4 is 10.1 Å². The molecular formula is C28H24N2O3S. The van der Waals surface area contributed by atoms with Crippen LogP contribution in [-0.4, -0.2) is 18.0 Å². The van der Waals surface area contributed by atoms with E-state index >= 15 is 0 Å². The molecule has 0 unspecified atom stereocenters. The van der Waals surface area contributed by atoms with Crippen molar-refractivity contribution in [2.75, 3.05) is 12.4 Å². The Bertz CT molecular complexity index is 1560. The fourth-order valence-corrected chi connectivity index (χ4v) is 5.18.